The molecule has 0 spiro atoms. The second kappa shape index (κ2) is 7.38. The minimum atomic E-state index is -4.86. The summed E-state index contributed by atoms with van der Waals surface area (Å²) in [5, 5.41) is 1.08. The number of amides is 1. The number of hydrogen-bond donors (Lipinski definition) is 1. The fraction of sp³-hybridized carbons (Fsp3) is 0.143. The maximum absolute atomic E-state index is 12.7. The molecule has 10 heteroatoms. The van der Waals surface area contributed by atoms with E-state index in [-0.39, 0.29) is 17.6 Å². The molecule has 0 aliphatic rings. The Balaban J connectivity index is 1.91. The van der Waals surface area contributed by atoms with E-state index in [0.717, 1.165) is 6.07 Å². The lowest BCUT2D eigenvalue weighted by molar-refractivity contribution is -0.274. The summed E-state index contributed by atoms with van der Waals surface area (Å²) >= 11 is 0. The standard InChI is InChI=1S/C21H15F3N2O5/c1-29-19(27)7-12-10-30-18-5-3-13(8-15(12)18)26-16-9-14(31-21(22,23)24)4-2-11(16)6-17(26)20(25)28/h2-6,8-10H,7H2,1H3,(H2,25,28). The first-order chi connectivity index (χ1) is 14.7. The second-order valence-electron chi connectivity index (χ2n) is 6.69. The Morgan fingerprint density at radius 3 is 2.58 bits per heavy atom. The maximum Gasteiger partial charge on any atom is 0.573 e. The van der Waals surface area contributed by atoms with Crippen LogP contribution in [0.2, 0.25) is 0 Å². The van der Waals surface area contributed by atoms with E-state index in [1.807, 2.05) is 0 Å². The number of benzene rings is 2. The summed E-state index contributed by atoms with van der Waals surface area (Å²) in [6, 6.07) is 10.1. The van der Waals surface area contributed by atoms with E-state index >= 15 is 0 Å². The number of alkyl halides is 3. The first-order valence-corrected chi connectivity index (χ1v) is 8.94. The largest absolute Gasteiger partial charge is 0.573 e. The normalized spacial score (nSPS) is 11.7. The average molecular weight is 432 g/mol. The molecular weight excluding hydrogens is 417 g/mol. The molecule has 31 heavy (non-hydrogen) atoms. The predicted molar refractivity (Wildman–Crippen MR) is 104 cm³/mol. The van der Waals surface area contributed by atoms with Gasteiger partial charge in [0.15, 0.2) is 0 Å². The third kappa shape index (κ3) is 3.91. The maximum atomic E-state index is 12.7. The van der Waals surface area contributed by atoms with Crippen LogP contribution in [0, 0.1) is 0 Å². The van der Waals surface area contributed by atoms with Crippen LogP contribution in [0.3, 0.4) is 0 Å². The van der Waals surface area contributed by atoms with Crippen molar-refractivity contribution in [2.45, 2.75) is 12.8 Å². The van der Waals surface area contributed by atoms with E-state index in [0.29, 0.717) is 27.6 Å². The number of ether oxygens (including phenoxy) is 2. The van der Waals surface area contributed by atoms with Gasteiger partial charge >= 0.3 is 12.3 Å². The molecule has 2 heterocycles. The van der Waals surface area contributed by atoms with Crippen molar-refractivity contribution in [3.63, 3.8) is 0 Å². The number of furan rings is 1. The van der Waals surface area contributed by atoms with Crippen molar-refractivity contribution in [2.24, 2.45) is 5.73 Å². The first kappa shape index (κ1) is 20.3. The monoisotopic (exact) mass is 432 g/mol. The van der Waals surface area contributed by atoms with Crippen LogP contribution in [-0.2, 0) is 16.0 Å². The van der Waals surface area contributed by atoms with Gasteiger partial charge in [0.1, 0.15) is 17.0 Å². The summed E-state index contributed by atoms with van der Waals surface area (Å²) in [6.45, 7) is 0. The number of halogens is 3. The summed E-state index contributed by atoms with van der Waals surface area (Å²) in [5.74, 6) is -1.67. The Kier molecular flexibility index (Phi) is 4.84. The predicted octanol–water partition coefficient (Wildman–Crippen LogP) is 4.09. The third-order valence-corrected chi connectivity index (χ3v) is 4.72. The number of rotatable bonds is 5. The number of primary amides is 1. The molecule has 7 nitrogen and oxygen atoms in total. The van der Waals surface area contributed by atoms with Crippen molar-refractivity contribution >= 4 is 33.7 Å². The van der Waals surface area contributed by atoms with E-state index in [1.54, 1.807) is 18.2 Å². The molecule has 0 bridgehead atoms. The van der Waals surface area contributed by atoms with Gasteiger partial charge in [0.2, 0.25) is 0 Å². The Morgan fingerprint density at radius 2 is 1.90 bits per heavy atom. The number of hydrogen-bond acceptors (Lipinski definition) is 5. The third-order valence-electron chi connectivity index (χ3n) is 4.72. The molecule has 0 radical (unpaired) electrons. The van der Waals surface area contributed by atoms with Crippen molar-refractivity contribution in [1.29, 1.82) is 0 Å². The van der Waals surface area contributed by atoms with Gasteiger partial charge in [0.25, 0.3) is 5.91 Å². The number of nitrogens with two attached hydrogens (primary N) is 1. The SMILES string of the molecule is COC(=O)Cc1coc2ccc(-n3c(C(N)=O)cc4ccc(OC(F)(F)F)cc43)cc12. The Bertz CT molecular complexity index is 1320. The lowest BCUT2D eigenvalue weighted by Crippen LogP contribution is -2.17. The second-order valence-corrected chi connectivity index (χ2v) is 6.69. The van der Waals surface area contributed by atoms with Gasteiger partial charge in [-0.2, -0.15) is 0 Å². The molecule has 2 N–H and O–H groups in total. The number of aromatic nitrogens is 1. The van der Waals surface area contributed by atoms with Crippen LogP contribution in [0.25, 0.3) is 27.6 Å². The Morgan fingerprint density at radius 1 is 1.13 bits per heavy atom. The minimum absolute atomic E-state index is 0.0361. The molecule has 2 aromatic heterocycles. The number of methoxy groups -OCH3 is 1. The molecule has 0 saturated carbocycles. The molecule has 0 unspecified atom stereocenters. The topological polar surface area (TPSA) is 96.7 Å². The number of carbonyl (C=O) groups excluding carboxylic acids is 2. The zero-order valence-electron chi connectivity index (χ0n) is 16.0. The van der Waals surface area contributed by atoms with Gasteiger partial charge in [0.05, 0.1) is 25.3 Å². The summed E-state index contributed by atoms with van der Waals surface area (Å²) in [5.41, 5.74) is 7.34. The van der Waals surface area contributed by atoms with E-state index < -0.39 is 24.0 Å². The van der Waals surface area contributed by atoms with Crippen LogP contribution in [0.4, 0.5) is 13.2 Å². The average Bonchev–Trinajstić information content (AvgIpc) is 3.27. The Labute approximate surface area is 172 Å². The summed E-state index contributed by atoms with van der Waals surface area (Å²) < 4.78 is 53.6. The number of nitrogens with zero attached hydrogens (tertiary/aromatic N) is 1. The molecule has 0 aliphatic carbocycles. The molecule has 2 aromatic carbocycles. The quantitative estimate of drug-likeness (QED) is 0.479. The minimum Gasteiger partial charge on any atom is -0.469 e. The van der Waals surface area contributed by atoms with Gasteiger partial charge in [-0.3, -0.25) is 9.59 Å². The highest BCUT2D eigenvalue weighted by atomic mass is 19.4. The van der Waals surface area contributed by atoms with Crippen LogP contribution >= 0.6 is 0 Å². The zero-order chi connectivity index (χ0) is 22.3. The van der Waals surface area contributed by atoms with Crippen molar-refractivity contribution < 1.29 is 36.7 Å². The Hall–Kier alpha value is -3.95. The molecular formula is C21H15F3N2O5. The van der Waals surface area contributed by atoms with E-state index in [1.165, 1.54) is 36.1 Å². The van der Waals surface area contributed by atoms with Crippen molar-refractivity contribution in [2.75, 3.05) is 7.11 Å². The van der Waals surface area contributed by atoms with E-state index in [9.17, 15) is 22.8 Å². The number of carbonyl (C=O) groups is 2. The van der Waals surface area contributed by atoms with Crippen molar-refractivity contribution in [3.05, 3.63) is 60.0 Å². The van der Waals surface area contributed by atoms with Gasteiger partial charge in [0, 0.05) is 28.1 Å². The smallest absolute Gasteiger partial charge is 0.469 e. The van der Waals surface area contributed by atoms with Gasteiger partial charge in [-0.15, -0.1) is 13.2 Å². The van der Waals surface area contributed by atoms with Gasteiger partial charge < -0.3 is 24.2 Å². The fourth-order valence-electron chi connectivity index (χ4n) is 3.41. The lowest BCUT2D eigenvalue weighted by Gasteiger charge is -2.12. The van der Waals surface area contributed by atoms with Crippen molar-refractivity contribution in [3.8, 4) is 11.4 Å². The highest BCUT2D eigenvalue weighted by Gasteiger charge is 2.31. The highest BCUT2D eigenvalue weighted by molar-refractivity contribution is 6.00. The first-order valence-electron chi connectivity index (χ1n) is 8.94. The molecule has 160 valence electrons. The van der Waals surface area contributed by atoms with E-state index in [4.69, 9.17) is 10.2 Å². The molecule has 0 atom stereocenters. The summed E-state index contributed by atoms with van der Waals surface area (Å²) in [6.07, 6.45) is -3.48. The van der Waals surface area contributed by atoms with Crippen LogP contribution in [-0.4, -0.2) is 29.9 Å². The van der Waals surface area contributed by atoms with Crippen molar-refractivity contribution in [1.82, 2.24) is 4.57 Å². The molecule has 0 fully saturated rings. The molecule has 4 rings (SSSR count). The summed E-state index contributed by atoms with van der Waals surface area (Å²) in [4.78, 5) is 23.7. The lowest BCUT2D eigenvalue weighted by atomic mass is 10.1. The molecule has 0 aliphatic heterocycles. The van der Waals surface area contributed by atoms with Crippen LogP contribution < -0.4 is 10.5 Å². The number of esters is 1. The molecule has 4 aromatic rings. The van der Waals surface area contributed by atoms with Crippen LogP contribution in [0.5, 0.6) is 5.75 Å². The zero-order valence-corrected chi connectivity index (χ0v) is 16.0. The highest BCUT2D eigenvalue weighted by Crippen LogP contribution is 2.32. The number of fused-ring (bicyclic) bond motifs is 2. The van der Waals surface area contributed by atoms with Crippen LogP contribution in [0.15, 0.2) is 53.1 Å². The molecule has 0 saturated heterocycles. The molecule has 1 amide bonds. The van der Waals surface area contributed by atoms with Crippen LogP contribution in [0.1, 0.15) is 16.1 Å². The summed E-state index contributed by atoms with van der Waals surface area (Å²) in [7, 11) is 1.27. The van der Waals surface area contributed by atoms with Gasteiger partial charge in [-0.25, -0.2) is 0 Å². The van der Waals surface area contributed by atoms with Gasteiger partial charge in [-0.1, -0.05) is 0 Å². The fourth-order valence-corrected chi connectivity index (χ4v) is 3.41. The van der Waals surface area contributed by atoms with E-state index in [2.05, 4.69) is 9.47 Å². The van der Waals surface area contributed by atoms with Gasteiger partial charge in [-0.05, 0) is 36.4 Å².